The summed E-state index contributed by atoms with van der Waals surface area (Å²) in [5.74, 6) is 0. The minimum atomic E-state index is -4.78. The molecule has 8 nitrogen and oxygen atoms in total. The van der Waals surface area contributed by atoms with Crippen LogP contribution in [0.2, 0.25) is 0 Å². The zero-order valence-corrected chi connectivity index (χ0v) is 11.6. The second kappa shape index (κ2) is 8.87. The van der Waals surface area contributed by atoms with Gasteiger partial charge in [-0.1, -0.05) is 0 Å². The summed E-state index contributed by atoms with van der Waals surface area (Å²) in [5, 5.41) is 41.8. The predicted molar refractivity (Wildman–Crippen MR) is 63.7 cm³/mol. The summed E-state index contributed by atoms with van der Waals surface area (Å²) in [4.78, 5) is 8.24. The predicted octanol–water partition coefficient (Wildman–Crippen LogP) is -1.08. The van der Waals surface area contributed by atoms with E-state index in [-0.39, 0.29) is 0 Å². The van der Waals surface area contributed by atoms with E-state index in [1.807, 2.05) is 7.05 Å². The third kappa shape index (κ3) is 5.34. The van der Waals surface area contributed by atoms with E-state index in [9.17, 15) is 0 Å². The van der Waals surface area contributed by atoms with E-state index in [1.54, 1.807) is 0 Å². The molecular formula is C10H15FeN8. The Hall–Kier alpha value is -2.15. The molecule has 0 aromatic rings. The molecule has 0 spiro atoms. The van der Waals surface area contributed by atoms with Crippen molar-refractivity contribution in [2.75, 3.05) is 33.2 Å². The van der Waals surface area contributed by atoms with Gasteiger partial charge in [0.1, 0.15) is 0 Å². The van der Waals surface area contributed by atoms with Gasteiger partial charge < -0.3 is 16.4 Å². The van der Waals surface area contributed by atoms with E-state index >= 15 is 0 Å². The van der Waals surface area contributed by atoms with Crippen LogP contribution in [0.4, 0.5) is 0 Å². The summed E-state index contributed by atoms with van der Waals surface area (Å²) in [6.45, 7) is 3.32. The molecule has 0 aliphatic carbocycles. The molecule has 0 bridgehead atoms. The summed E-state index contributed by atoms with van der Waals surface area (Å²) >= 11 is -4.78. The van der Waals surface area contributed by atoms with E-state index in [0.29, 0.717) is 0 Å². The topological polar surface area (TPSA) is 174 Å². The Bertz CT molecular complexity index is 389. The molecule has 0 aliphatic heterocycles. The summed E-state index contributed by atoms with van der Waals surface area (Å²) in [5.41, 5.74) is 10.6. The first-order chi connectivity index (χ1) is 8.92. The van der Waals surface area contributed by atoms with Crippen LogP contribution in [0.15, 0.2) is 0 Å². The molecule has 0 unspecified atom stereocenters. The third-order valence-corrected chi connectivity index (χ3v) is 4.28. The number of nitriles is 5. The van der Waals surface area contributed by atoms with E-state index in [2.05, 4.69) is 4.90 Å². The second-order valence-corrected chi connectivity index (χ2v) is 7.15. The minimum absolute atomic E-state index is 0.719. The van der Waals surface area contributed by atoms with Crippen LogP contribution in [0.5, 0.6) is 0 Å². The molecule has 9 heteroatoms. The molecule has 19 heavy (non-hydrogen) atoms. The van der Waals surface area contributed by atoms with Gasteiger partial charge in [-0.05, 0) is 7.05 Å². The van der Waals surface area contributed by atoms with Crippen molar-refractivity contribution in [1.29, 1.82) is 26.3 Å². The number of nitrogens with two attached hydrogens (primary N) is 2. The van der Waals surface area contributed by atoms with Crippen molar-refractivity contribution in [3.8, 4) is 24.8 Å². The first-order valence-corrected chi connectivity index (χ1v) is 7.66. The fraction of sp³-hybridized carbons (Fsp3) is 0.500. The van der Waals surface area contributed by atoms with E-state index in [0.717, 1.165) is 26.2 Å². The van der Waals surface area contributed by atoms with E-state index < -0.39 is 11.8 Å². The standard InChI is InChI=1S/C5H15N3.5CN.Fe/c1-8(4-2-6)5-3-7;5*1-2;/h2-7H2,1H3;;;;;;. The van der Waals surface area contributed by atoms with Crippen LogP contribution in [0, 0.1) is 51.1 Å². The van der Waals surface area contributed by atoms with E-state index in [1.165, 1.54) is 24.8 Å². The van der Waals surface area contributed by atoms with Crippen LogP contribution >= 0.6 is 0 Å². The van der Waals surface area contributed by atoms with Gasteiger partial charge >= 0.3 is 62.9 Å². The Labute approximate surface area is 113 Å². The Morgan fingerprint density at radius 3 is 1.16 bits per heavy atom. The number of rotatable bonds is 4. The number of hydrogen-bond donors (Lipinski definition) is 2. The van der Waals surface area contributed by atoms with Crippen molar-refractivity contribution in [1.82, 2.24) is 4.90 Å². The third-order valence-electron chi connectivity index (χ3n) is 1.81. The van der Waals surface area contributed by atoms with Crippen molar-refractivity contribution in [3.63, 3.8) is 0 Å². The molecule has 0 heterocycles. The Balaban J connectivity index is 0. The van der Waals surface area contributed by atoms with Crippen LogP contribution in [0.25, 0.3) is 0 Å². The molecule has 0 fully saturated rings. The molecule has 0 aromatic heterocycles. The zero-order chi connectivity index (χ0) is 15.4. The molecular weight excluding hydrogens is 288 g/mol. The molecule has 4 N–H and O–H groups in total. The molecule has 0 saturated heterocycles. The van der Waals surface area contributed by atoms with Gasteiger partial charge in [0.05, 0.1) is 0 Å². The molecule has 103 valence electrons. The number of likely N-dealkylation sites (N-methyl/N-ethyl adjacent to an activating group) is 1. The summed E-state index contributed by atoms with van der Waals surface area (Å²) in [6.07, 6.45) is 0. The molecule has 0 atom stereocenters. The monoisotopic (exact) mass is 303 g/mol. The molecule has 0 aromatic carbocycles. The van der Waals surface area contributed by atoms with Gasteiger partial charge in [-0.25, -0.2) is 0 Å². The molecule has 0 rings (SSSR count). The second-order valence-electron chi connectivity index (χ2n) is 3.16. The van der Waals surface area contributed by atoms with Gasteiger partial charge in [0.15, 0.2) is 0 Å². The fourth-order valence-electron chi connectivity index (χ4n) is 0.729. The SMILES string of the molecule is CN(CCN)CCN.N#[C][Fe]([C]#N)([C]#N)([C]#N)[C]#N. The molecule has 0 aliphatic rings. The molecule has 0 amide bonds. The van der Waals surface area contributed by atoms with Gasteiger partial charge in [-0.15, -0.1) is 0 Å². The zero-order valence-electron chi connectivity index (χ0n) is 10.5. The average molecular weight is 303 g/mol. The first kappa shape index (κ1) is 19.2. The van der Waals surface area contributed by atoms with Crippen LogP contribution in [0.3, 0.4) is 0 Å². The molecule has 0 radical (unpaired) electrons. The van der Waals surface area contributed by atoms with Gasteiger partial charge in [-0.2, -0.15) is 0 Å². The quantitative estimate of drug-likeness (QED) is 0.616. The Morgan fingerprint density at radius 1 is 0.789 bits per heavy atom. The van der Waals surface area contributed by atoms with Crippen molar-refractivity contribution in [2.45, 2.75) is 0 Å². The maximum absolute atomic E-state index is 8.35. The van der Waals surface area contributed by atoms with Crippen molar-refractivity contribution < 1.29 is 11.8 Å². The van der Waals surface area contributed by atoms with Gasteiger partial charge in [0.25, 0.3) is 0 Å². The maximum atomic E-state index is 8.35. The van der Waals surface area contributed by atoms with Crippen molar-refractivity contribution in [2.24, 2.45) is 11.5 Å². The Kier molecular flexibility index (Phi) is 8.96. The van der Waals surface area contributed by atoms with Gasteiger partial charge in [-0.3, -0.25) is 0 Å². The summed E-state index contributed by atoms with van der Waals surface area (Å²) in [7, 11) is 2.01. The van der Waals surface area contributed by atoms with Crippen LogP contribution in [0.1, 0.15) is 0 Å². The van der Waals surface area contributed by atoms with Crippen molar-refractivity contribution >= 4 is 0 Å². The number of nitrogens with zero attached hydrogens (tertiary/aromatic N) is 6. The average Bonchev–Trinajstić information content (AvgIpc) is 2.45. The van der Waals surface area contributed by atoms with Crippen LogP contribution in [-0.4, -0.2) is 38.1 Å². The van der Waals surface area contributed by atoms with E-state index in [4.69, 9.17) is 37.8 Å². The fourth-order valence-corrected chi connectivity index (χ4v) is 1.28. The van der Waals surface area contributed by atoms with Gasteiger partial charge in [0, 0.05) is 26.2 Å². The summed E-state index contributed by atoms with van der Waals surface area (Å²) in [6, 6.07) is 0. The van der Waals surface area contributed by atoms with Crippen LogP contribution in [-0.2, 0) is 11.8 Å². The van der Waals surface area contributed by atoms with Crippen LogP contribution < -0.4 is 11.5 Å². The van der Waals surface area contributed by atoms with Gasteiger partial charge in [0.2, 0.25) is 0 Å². The number of hydrogen-bond acceptors (Lipinski definition) is 8. The first-order valence-electron chi connectivity index (χ1n) is 4.90. The Morgan fingerprint density at radius 2 is 1.05 bits per heavy atom. The normalized spacial score (nSPS) is 11.0. The molecule has 0 saturated carbocycles. The van der Waals surface area contributed by atoms with Crippen molar-refractivity contribution in [3.05, 3.63) is 0 Å². The summed E-state index contributed by atoms with van der Waals surface area (Å²) < 4.78 is 0.